The number of anilines is 1. The molecule has 0 aliphatic rings. The third-order valence-corrected chi connectivity index (χ3v) is 2.47. The molecule has 116 valence electrons. The number of halogens is 3. The van der Waals surface area contributed by atoms with E-state index in [2.05, 4.69) is 5.32 Å². The normalized spacial score (nSPS) is 10.5. The molecule has 0 saturated carbocycles. The Morgan fingerprint density at radius 3 is 2.48 bits per heavy atom. The lowest BCUT2D eigenvalue weighted by atomic mass is 10.2. The minimum absolute atomic E-state index is 0.0836. The number of hydrogen-bond donors (Lipinski definition) is 3. The van der Waals surface area contributed by atoms with Crippen LogP contribution in [0.25, 0.3) is 0 Å². The number of aromatic carboxylic acids is 1. The van der Waals surface area contributed by atoms with Gasteiger partial charge in [-0.3, -0.25) is 0 Å². The number of carbonyl (C=O) groups excluding carboxylic acids is 1. The Hall–Kier alpha value is -2.29. The van der Waals surface area contributed by atoms with E-state index in [0.717, 1.165) is 18.2 Å². The van der Waals surface area contributed by atoms with Crippen LogP contribution in [-0.4, -0.2) is 53.2 Å². The highest BCUT2D eigenvalue weighted by atomic mass is 19.3. The van der Waals surface area contributed by atoms with Crippen LogP contribution in [-0.2, 0) is 0 Å². The lowest BCUT2D eigenvalue weighted by Crippen LogP contribution is -2.40. The van der Waals surface area contributed by atoms with E-state index in [1.807, 2.05) is 0 Å². The van der Waals surface area contributed by atoms with Crippen LogP contribution in [0.3, 0.4) is 0 Å². The number of nitrogens with zero attached hydrogens (tertiary/aromatic N) is 1. The Balaban J connectivity index is 2.81. The van der Waals surface area contributed by atoms with Crippen molar-refractivity contribution in [3.05, 3.63) is 29.6 Å². The molecule has 0 aliphatic carbocycles. The summed E-state index contributed by atoms with van der Waals surface area (Å²) in [6.07, 6.45) is -2.78. The number of carboxylic acids is 1. The van der Waals surface area contributed by atoms with Gasteiger partial charge in [-0.1, -0.05) is 0 Å². The van der Waals surface area contributed by atoms with Gasteiger partial charge in [-0.05, 0) is 18.2 Å². The maximum Gasteiger partial charge on any atom is 0.338 e. The molecule has 0 atom stereocenters. The van der Waals surface area contributed by atoms with Crippen molar-refractivity contribution in [2.24, 2.45) is 0 Å². The molecule has 0 heterocycles. The topological polar surface area (TPSA) is 89.9 Å². The lowest BCUT2D eigenvalue weighted by Gasteiger charge is -2.21. The summed E-state index contributed by atoms with van der Waals surface area (Å²) < 4.78 is 38.0. The van der Waals surface area contributed by atoms with Crippen LogP contribution in [0.4, 0.5) is 23.7 Å². The van der Waals surface area contributed by atoms with Gasteiger partial charge < -0.3 is 20.4 Å². The minimum Gasteiger partial charge on any atom is -0.478 e. The number of carboxylic acid groups (broad SMARTS) is 1. The first-order chi connectivity index (χ1) is 9.85. The number of amides is 2. The summed E-state index contributed by atoms with van der Waals surface area (Å²) in [7, 11) is 0. The fourth-order valence-electron chi connectivity index (χ4n) is 1.53. The Bertz CT molecular complexity index is 525. The van der Waals surface area contributed by atoms with Gasteiger partial charge in [0.1, 0.15) is 5.82 Å². The third-order valence-electron chi connectivity index (χ3n) is 2.47. The summed E-state index contributed by atoms with van der Waals surface area (Å²) in [6.45, 7) is -1.71. The average Bonchev–Trinajstić information content (AvgIpc) is 2.37. The SMILES string of the molecule is O=C(O)c1ccc(NC(=O)N(CCO)CC(F)F)cc1F. The first kappa shape index (κ1) is 16.8. The number of aliphatic hydroxyl groups excluding tert-OH is 1. The summed E-state index contributed by atoms with van der Waals surface area (Å²) in [6, 6.07) is 1.88. The van der Waals surface area contributed by atoms with Crippen LogP contribution in [0.5, 0.6) is 0 Å². The number of rotatable bonds is 6. The van der Waals surface area contributed by atoms with Gasteiger partial charge >= 0.3 is 12.0 Å². The van der Waals surface area contributed by atoms with E-state index in [1.54, 1.807) is 0 Å². The molecule has 0 fully saturated rings. The van der Waals surface area contributed by atoms with Crippen molar-refractivity contribution in [3.8, 4) is 0 Å². The molecule has 21 heavy (non-hydrogen) atoms. The van der Waals surface area contributed by atoms with E-state index in [-0.39, 0.29) is 12.2 Å². The lowest BCUT2D eigenvalue weighted by molar-refractivity contribution is 0.0692. The molecular formula is C12H13F3N2O4. The van der Waals surface area contributed by atoms with E-state index in [9.17, 15) is 22.8 Å². The van der Waals surface area contributed by atoms with Crippen molar-refractivity contribution in [1.29, 1.82) is 0 Å². The molecule has 2 amide bonds. The number of urea groups is 1. The second-order valence-corrected chi connectivity index (χ2v) is 3.99. The van der Waals surface area contributed by atoms with Gasteiger partial charge in [-0.2, -0.15) is 0 Å². The van der Waals surface area contributed by atoms with Gasteiger partial charge in [0.2, 0.25) is 0 Å². The molecule has 1 aromatic rings. The van der Waals surface area contributed by atoms with Crippen molar-refractivity contribution in [3.63, 3.8) is 0 Å². The summed E-state index contributed by atoms with van der Waals surface area (Å²) in [5.41, 5.74) is -0.660. The van der Waals surface area contributed by atoms with E-state index in [0.29, 0.717) is 4.90 Å². The highest BCUT2D eigenvalue weighted by Crippen LogP contribution is 2.15. The predicted molar refractivity (Wildman–Crippen MR) is 67.0 cm³/mol. The Morgan fingerprint density at radius 1 is 1.33 bits per heavy atom. The van der Waals surface area contributed by atoms with Crippen molar-refractivity contribution < 1.29 is 33.0 Å². The molecule has 0 aliphatic heterocycles. The summed E-state index contributed by atoms with van der Waals surface area (Å²) in [5.74, 6) is -2.53. The van der Waals surface area contributed by atoms with Crippen molar-refractivity contribution in [1.82, 2.24) is 4.90 Å². The van der Waals surface area contributed by atoms with Crippen LogP contribution in [0, 0.1) is 5.82 Å². The van der Waals surface area contributed by atoms with E-state index in [1.165, 1.54) is 0 Å². The van der Waals surface area contributed by atoms with Crippen LogP contribution in [0.15, 0.2) is 18.2 Å². The second-order valence-electron chi connectivity index (χ2n) is 3.99. The third kappa shape index (κ3) is 4.95. The molecule has 9 heteroatoms. The van der Waals surface area contributed by atoms with E-state index in [4.69, 9.17) is 10.2 Å². The van der Waals surface area contributed by atoms with Gasteiger partial charge in [0.15, 0.2) is 0 Å². The Labute approximate surface area is 117 Å². The molecule has 3 N–H and O–H groups in total. The van der Waals surface area contributed by atoms with Gasteiger partial charge in [0.05, 0.1) is 18.7 Å². The molecule has 0 unspecified atom stereocenters. The standard InChI is InChI=1S/C12H13F3N2O4/c13-9-5-7(1-2-8(9)11(19)20)16-12(21)17(3-4-18)6-10(14)15/h1-2,5,10,18H,3-4,6H2,(H,16,21)(H,19,20). The molecule has 6 nitrogen and oxygen atoms in total. The highest BCUT2D eigenvalue weighted by Gasteiger charge is 2.18. The van der Waals surface area contributed by atoms with Gasteiger partial charge in [-0.15, -0.1) is 0 Å². The Kier molecular flexibility index (Phi) is 5.97. The Morgan fingerprint density at radius 2 is 2.00 bits per heavy atom. The maximum atomic E-state index is 13.4. The summed E-state index contributed by atoms with van der Waals surface area (Å²) in [5, 5.41) is 19.5. The molecular weight excluding hydrogens is 293 g/mol. The number of nitrogens with one attached hydrogen (secondary N) is 1. The number of hydrogen-bond acceptors (Lipinski definition) is 3. The first-order valence-electron chi connectivity index (χ1n) is 5.83. The maximum absolute atomic E-state index is 13.4. The number of carbonyl (C=O) groups is 2. The largest absolute Gasteiger partial charge is 0.478 e. The zero-order valence-corrected chi connectivity index (χ0v) is 10.7. The molecule has 0 bridgehead atoms. The number of alkyl halides is 2. The van der Waals surface area contributed by atoms with Crippen LogP contribution >= 0.6 is 0 Å². The van der Waals surface area contributed by atoms with Crippen molar-refractivity contribution >= 4 is 17.7 Å². The molecule has 0 radical (unpaired) electrons. The molecule has 1 aromatic carbocycles. The summed E-state index contributed by atoms with van der Waals surface area (Å²) in [4.78, 5) is 23.0. The first-order valence-corrected chi connectivity index (χ1v) is 5.83. The molecule has 0 spiro atoms. The minimum atomic E-state index is -2.78. The van der Waals surface area contributed by atoms with Crippen molar-refractivity contribution in [2.75, 3.05) is 25.0 Å². The molecule has 0 saturated heterocycles. The fraction of sp³-hybridized carbons (Fsp3) is 0.333. The van der Waals surface area contributed by atoms with Gasteiger partial charge in [0.25, 0.3) is 6.43 Å². The van der Waals surface area contributed by atoms with Crippen LogP contribution in [0.2, 0.25) is 0 Å². The van der Waals surface area contributed by atoms with E-state index >= 15 is 0 Å². The summed E-state index contributed by atoms with van der Waals surface area (Å²) >= 11 is 0. The van der Waals surface area contributed by atoms with Crippen molar-refractivity contribution in [2.45, 2.75) is 6.43 Å². The second kappa shape index (κ2) is 7.48. The predicted octanol–water partition coefficient (Wildman–Crippen LogP) is 1.62. The average molecular weight is 306 g/mol. The van der Waals surface area contributed by atoms with Crippen LogP contribution in [0.1, 0.15) is 10.4 Å². The van der Waals surface area contributed by atoms with Gasteiger partial charge in [0, 0.05) is 12.2 Å². The zero-order chi connectivity index (χ0) is 16.0. The van der Waals surface area contributed by atoms with Crippen LogP contribution < -0.4 is 5.32 Å². The fourth-order valence-corrected chi connectivity index (χ4v) is 1.53. The van der Waals surface area contributed by atoms with E-state index < -0.39 is 43.0 Å². The number of benzene rings is 1. The molecule has 1 rings (SSSR count). The quantitative estimate of drug-likeness (QED) is 0.745. The number of aliphatic hydroxyl groups is 1. The molecule has 0 aromatic heterocycles. The monoisotopic (exact) mass is 306 g/mol. The highest BCUT2D eigenvalue weighted by molar-refractivity contribution is 5.91. The smallest absolute Gasteiger partial charge is 0.338 e. The van der Waals surface area contributed by atoms with Gasteiger partial charge in [-0.25, -0.2) is 22.8 Å². The zero-order valence-electron chi connectivity index (χ0n) is 10.7.